The van der Waals surface area contributed by atoms with E-state index in [4.69, 9.17) is 5.73 Å². The van der Waals surface area contributed by atoms with Crippen LogP contribution >= 0.6 is 23.1 Å². The summed E-state index contributed by atoms with van der Waals surface area (Å²) in [5, 5.41) is 4.55. The first-order chi connectivity index (χ1) is 9.61. The summed E-state index contributed by atoms with van der Waals surface area (Å²) in [5.74, 6) is 0.842. The van der Waals surface area contributed by atoms with Crippen molar-refractivity contribution in [3.63, 3.8) is 0 Å². The molecule has 104 valence electrons. The molecule has 0 aliphatic carbocycles. The first-order valence-corrected chi connectivity index (χ1v) is 8.25. The Labute approximate surface area is 126 Å². The van der Waals surface area contributed by atoms with Crippen LogP contribution < -0.4 is 5.73 Å². The Balaban J connectivity index is 1.72. The summed E-state index contributed by atoms with van der Waals surface area (Å²) in [7, 11) is 0. The molecule has 0 amide bonds. The molecule has 2 heterocycles. The summed E-state index contributed by atoms with van der Waals surface area (Å²) >= 11 is 3.40. The lowest BCUT2D eigenvalue weighted by Gasteiger charge is -2.03. The predicted molar refractivity (Wildman–Crippen MR) is 86.2 cm³/mol. The second-order valence-electron chi connectivity index (χ2n) is 4.88. The zero-order valence-electron chi connectivity index (χ0n) is 11.4. The molecule has 0 saturated heterocycles. The van der Waals surface area contributed by atoms with Gasteiger partial charge in [-0.05, 0) is 38.1 Å². The molecule has 0 bridgehead atoms. The van der Waals surface area contributed by atoms with Crippen molar-refractivity contribution in [1.82, 2.24) is 14.8 Å². The molecular formula is C14H16N4S2. The van der Waals surface area contributed by atoms with Crippen LogP contribution in [0.1, 0.15) is 25.6 Å². The average molecular weight is 304 g/mol. The van der Waals surface area contributed by atoms with Gasteiger partial charge in [0, 0.05) is 23.7 Å². The van der Waals surface area contributed by atoms with Crippen LogP contribution in [0.2, 0.25) is 0 Å². The van der Waals surface area contributed by atoms with Gasteiger partial charge >= 0.3 is 0 Å². The third-order valence-corrected chi connectivity index (χ3v) is 5.12. The summed E-state index contributed by atoms with van der Waals surface area (Å²) in [6.07, 6.45) is 2.03. The number of benzene rings is 1. The van der Waals surface area contributed by atoms with Gasteiger partial charge in [-0.2, -0.15) is 5.10 Å². The number of nitrogens with zero attached hydrogens (tertiary/aromatic N) is 3. The molecule has 3 rings (SSSR count). The fraction of sp³-hybridized carbons (Fsp3) is 0.286. The largest absolute Gasteiger partial charge is 0.399 e. The van der Waals surface area contributed by atoms with E-state index in [0.29, 0.717) is 6.04 Å². The van der Waals surface area contributed by atoms with E-state index in [0.717, 1.165) is 31.7 Å². The average Bonchev–Trinajstić information content (AvgIpc) is 3.01. The smallest absolute Gasteiger partial charge is 0.151 e. The first-order valence-electron chi connectivity index (χ1n) is 6.45. The lowest BCUT2D eigenvalue weighted by Crippen LogP contribution is -2.01. The molecule has 20 heavy (non-hydrogen) atoms. The highest BCUT2D eigenvalue weighted by Crippen LogP contribution is 2.32. The van der Waals surface area contributed by atoms with E-state index >= 15 is 0 Å². The molecule has 2 aromatic heterocycles. The van der Waals surface area contributed by atoms with Gasteiger partial charge in [0.2, 0.25) is 0 Å². The number of hydrogen-bond acceptors (Lipinski definition) is 5. The van der Waals surface area contributed by atoms with Crippen molar-refractivity contribution >= 4 is 39.0 Å². The number of nitrogens with two attached hydrogens (primary N) is 1. The Morgan fingerprint density at radius 3 is 2.95 bits per heavy atom. The van der Waals surface area contributed by atoms with E-state index in [9.17, 15) is 0 Å². The van der Waals surface area contributed by atoms with Crippen LogP contribution in [-0.2, 0) is 5.75 Å². The molecule has 3 aromatic rings. The highest BCUT2D eigenvalue weighted by Gasteiger charge is 2.07. The second-order valence-corrected chi connectivity index (χ2v) is 7.13. The van der Waals surface area contributed by atoms with Crippen molar-refractivity contribution in [2.75, 3.05) is 5.73 Å². The van der Waals surface area contributed by atoms with Crippen LogP contribution in [-0.4, -0.2) is 14.8 Å². The van der Waals surface area contributed by atoms with Gasteiger partial charge in [0.05, 0.1) is 15.9 Å². The maximum atomic E-state index is 5.79. The molecular weight excluding hydrogens is 288 g/mol. The summed E-state index contributed by atoms with van der Waals surface area (Å²) in [4.78, 5) is 4.60. The number of nitrogen functional groups attached to an aromatic ring is 1. The Hall–Kier alpha value is -1.53. The number of fused-ring (bicyclic) bond motifs is 1. The molecule has 0 radical (unpaired) electrons. The molecule has 0 unspecified atom stereocenters. The summed E-state index contributed by atoms with van der Waals surface area (Å²) < 4.78 is 4.18. The summed E-state index contributed by atoms with van der Waals surface area (Å²) in [6.45, 7) is 4.25. The number of thiazole rings is 1. The van der Waals surface area contributed by atoms with Crippen molar-refractivity contribution in [2.24, 2.45) is 0 Å². The van der Waals surface area contributed by atoms with Crippen LogP contribution in [0.4, 0.5) is 5.69 Å². The van der Waals surface area contributed by atoms with Gasteiger partial charge in [-0.3, -0.25) is 4.68 Å². The van der Waals surface area contributed by atoms with Crippen molar-refractivity contribution in [1.29, 1.82) is 0 Å². The number of aromatic nitrogens is 3. The molecule has 0 fully saturated rings. The van der Waals surface area contributed by atoms with E-state index in [1.54, 1.807) is 23.1 Å². The standard InChI is InChI=1S/C14H16N4S2/c1-9(2)18-6-5-11(17-18)8-19-14-16-12-4-3-10(15)7-13(12)20-14/h3-7,9H,8,15H2,1-2H3. The van der Waals surface area contributed by atoms with Crippen LogP contribution in [0.5, 0.6) is 0 Å². The lowest BCUT2D eigenvalue weighted by atomic mass is 10.3. The highest BCUT2D eigenvalue weighted by molar-refractivity contribution is 8.00. The Morgan fingerprint density at radius 1 is 1.35 bits per heavy atom. The van der Waals surface area contributed by atoms with E-state index in [1.165, 1.54) is 0 Å². The molecule has 0 atom stereocenters. The molecule has 2 N–H and O–H groups in total. The Bertz CT molecular complexity index is 730. The third-order valence-electron chi connectivity index (χ3n) is 2.93. The Morgan fingerprint density at radius 2 is 2.20 bits per heavy atom. The highest BCUT2D eigenvalue weighted by atomic mass is 32.2. The molecule has 0 aliphatic heterocycles. The minimum absolute atomic E-state index is 0.402. The van der Waals surface area contributed by atoms with Crippen LogP contribution in [0.25, 0.3) is 10.2 Å². The SMILES string of the molecule is CC(C)n1ccc(CSc2nc3ccc(N)cc3s2)n1. The summed E-state index contributed by atoms with van der Waals surface area (Å²) in [6, 6.07) is 8.31. The second kappa shape index (κ2) is 5.46. The van der Waals surface area contributed by atoms with E-state index < -0.39 is 0 Å². The van der Waals surface area contributed by atoms with Crippen molar-refractivity contribution in [2.45, 2.75) is 30.0 Å². The van der Waals surface area contributed by atoms with Gasteiger partial charge in [-0.25, -0.2) is 4.98 Å². The number of rotatable bonds is 4. The maximum Gasteiger partial charge on any atom is 0.151 e. The third kappa shape index (κ3) is 2.81. The zero-order valence-corrected chi connectivity index (χ0v) is 13.0. The summed E-state index contributed by atoms with van der Waals surface area (Å²) in [5.41, 5.74) is 8.67. The van der Waals surface area contributed by atoms with Crippen molar-refractivity contribution in [3.05, 3.63) is 36.2 Å². The minimum Gasteiger partial charge on any atom is -0.399 e. The number of anilines is 1. The van der Waals surface area contributed by atoms with E-state index in [-0.39, 0.29) is 0 Å². The van der Waals surface area contributed by atoms with Crippen LogP contribution in [0.3, 0.4) is 0 Å². The van der Waals surface area contributed by atoms with Gasteiger partial charge in [0.15, 0.2) is 4.34 Å². The fourth-order valence-electron chi connectivity index (χ4n) is 1.86. The maximum absolute atomic E-state index is 5.79. The molecule has 0 saturated carbocycles. The van der Waals surface area contributed by atoms with Gasteiger partial charge in [0.1, 0.15) is 0 Å². The topological polar surface area (TPSA) is 56.7 Å². The van der Waals surface area contributed by atoms with E-state index in [1.807, 2.05) is 29.1 Å². The molecule has 6 heteroatoms. The quantitative estimate of drug-likeness (QED) is 0.586. The van der Waals surface area contributed by atoms with Gasteiger partial charge in [-0.1, -0.05) is 11.8 Å². The van der Waals surface area contributed by atoms with Crippen LogP contribution in [0.15, 0.2) is 34.8 Å². The molecule has 4 nitrogen and oxygen atoms in total. The molecule has 0 aliphatic rings. The Kier molecular flexibility index (Phi) is 3.67. The van der Waals surface area contributed by atoms with Gasteiger partial charge in [-0.15, -0.1) is 11.3 Å². The lowest BCUT2D eigenvalue weighted by molar-refractivity contribution is 0.529. The van der Waals surface area contributed by atoms with Gasteiger partial charge in [0.25, 0.3) is 0 Å². The molecule has 0 spiro atoms. The van der Waals surface area contributed by atoms with Crippen molar-refractivity contribution in [3.8, 4) is 0 Å². The normalized spacial score (nSPS) is 11.6. The predicted octanol–water partition coefficient (Wildman–Crippen LogP) is 3.95. The number of hydrogen-bond donors (Lipinski definition) is 1. The van der Waals surface area contributed by atoms with Gasteiger partial charge < -0.3 is 5.73 Å². The van der Waals surface area contributed by atoms with E-state index in [2.05, 4.69) is 30.0 Å². The fourth-order valence-corrected chi connectivity index (χ4v) is 3.87. The molecule has 1 aromatic carbocycles. The monoisotopic (exact) mass is 304 g/mol. The van der Waals surface area contributed by atoms with Crippen LogP contribution in [0, 0.1) is 0 Å². The first kappa shape index (κ1) is 13.5. The minimum atomic E-state index is 0.402. The zero-order chi connectivity index (χ0) is 14.1. The van der Waals surface area contributed by atoms with Crippen molar-refractivity contribution < 1.29 is 0 Å². The number of thioether (sulfide) groups is 1.